The molecule has 1 aliphatic carbocycles. The van der Waals surface area contributed by atoms with Crippen LogP contribution in [0.1, 0.15) is 92.0 Å². The number of nitrogens with one attached hydrogen (secondary N) is 2. The van der Waals surface area contributed by atoms with E-state index >= 15 is 0 Å². The molecule has 0 saturated carbocycles. The van der Waals surface area contributed by atoms with E-state index in [1.165, 1.54) is 26.4 Å². The van der Waals surface area contributed by atoms with Gasteiger partial charge < -0.3 is 40.4 Å². The Labute approximate surface area is 260 Å². The van der Waals surface area contributed by atoms with Crippen LogP contribution >= 0.6 is 0 Å². The summed E-state index contributed by atoms with van der Waals surface area (Å²) in [6.07, 6.45) is 9.11. The maximum Gasteiger partial charge on any atom is 0.310 e. The molecule has 0 spiro atoms. The topological polar surface area (TPSA) is 141 Å². The summed E-state index contributed by atoms with van der Waals surface area (Å²) < 4.78 is 22.5. The van der Waals surface area contributed by atoms with E-state index < -0.39 is 12.0 Å². The fourth-order valence-corrected chi connectivity index (χ4v) is 6.86. The number of carbonyl (C=O) groups excluding carboxylic acids is 2. The Morgan fingerprint density at radius 2 is 1.64 bits per heavy atom. The van der Waals surface area contributed by atoms with Crippen molar-refractivity contribution >= 4 is 11.9 Å². The van der Waals surface area contributed by atoms with Gasteiger partial charge in [0.05, 0.1) is 25.7 Å². The molecule has 2 heterocycles. The molecule has 10 heteroatoms. The van der Waals surface area contributed by atoms with Gasteiger partial charge >= 0.3 is 5.97 Å². The summed E-state index contributed by atoms with van der Waals surface area (Å²) in [7, 11) is 1.51. The van der Waals surface area contributed by atoms with Crippen molar-refractivity contribution in [3.8, 4) is 23.0 Å². The van der Waals surface area contributed by atoms with Crippen LogP contribution in [0.4, 0.5) is 0 Å². The molecule has 0 bridgehead atoms. The van der Waals surface area contributed by atoms with Gasteiger partial charge in [0.1, 0.15) is 0 Å². The standard InChI is InChI=1S/C34H47N3O7/c1-21-15-22(16-28(41-2)33(21)39)30-23-17-26-27(44-20-43-26)18-24(23)32(25-19-42-34(40)31(25)30)37-29(38)11-7-5-3-4-6-9-13-36-14-10-8-12-35/h15-18,25,30-32,36,39H,3-14,19-20,35H2,1-2H3,(H,37,38)/t25-,30?,31-,32+/m0/s1. The van der Waals surface area contributed by atoms with E-state index in [1.54, 1.807) is 6.07 Å². The lowest BCUT2D eigenvalue weighted by Gasteiger charge is -2.39. The van der Waals surface area contributed by atoms with Crippen LogP contribution < -0.4 is 30.6 Å². The number of ether oxygens (including phenoxy) is 4. The normalized spacial score (nSPS) is 21.5. The smallest absolute Gasteiger partial charge is 0.310 e. The molecule has 240 valence electrons. The van der Waals surface area contributed by atoms with Gasteiger partial charge in [0.15, 0.2) is 23.0 Å². The number of cyclic esters (lactones) is 1. The molecule has 2 aromatic rings. The molecule has 5 N–H and O–H groups in total. The zero-order valence-electron chi connectivity index (χ0n) is 26.0. The largest absolute Gasteiger partial charge is 0.504 e. The Kier molecular flexibility index (Phi) is 10.9. The third kappa shape index (κ3) is 7.07. The van der Waals surface area contributed by atoms with E-state index in [-0.39, 0.29) is 42.9 Å². The Bertz CT molecular complexity index is 1320. The van der Waals surface area contributed by atoms with Crippen molar-refractivity contribution in [2.45, 2.75) is 76.7 Å². The number of phenols is 1. The highest BCUT2D eigenvalue weighted by Crippen LogP contribution is 2.55. The number of hydrogen-bond donors (Lipinski definition) is 4. The van der Waals surface area contributed by atoms with Gasteiger partial charge in [-0.15, -0.1) is 0 Å². The fourth-order valence-electron chi connectivity index (χ4n) is 6.86. The average molecular weight is 610 g/mol. The minimum atomic E-state index is -0.517. The van der Waals surface area contributed by atoms with Gasteiger partial charge in [-0.05, 0) is 92.7 Å². The highest BCUT2D eigenvalue weighted by molar-refractivity contribution is 5.81. The van der Waals surface area contributed by atoms with Crippen LogP contribution in [0.15, 0.2) is 24.3 Å². The van der Waals surface area contributed by atoms with Crippen molar-refractivity contribution in [3.05, 3.63) is 46.5 Å². The zero-order valence-corrected chi connectivity index (χ0v) is 26.0. The molecule has 0 radical (unpaired) electrons. The first-order valence-electron chi connectivity index (χ1n) is 16.1. The SMILES string of the molecule is COc1cc(C2c3cc4c(cc3[C@@H](NC(=O)CCCCCCCCNCCCCN)[C@H]3COC(=O)[C@H]23)OCO4)cc(C)c1O. The summed E-state index contributed by atoms with van der Waals surface area (Å²) in [5.41, 5.74) is 8.78. The van der Waals surface area contributed by atoms with Crippen molar-refractivity contribution in [1.29, 1.82) is 0 Å². The van der Waals surface area contributed by atoms with Crippen molar-refractivity contribution in [2.75, 3.05) is 40.1 Å². The van der Waals surface area contributed by atoms with Crippen molar-refractivity contribution in [1.82, 2.24) is 10.6 Å². The zero-order chi connectivity index (χ0) is 31.1. The van der Waals surface area contributed by atoms with Gasteiger partial charge in [0, 0.05) is 18.3 Å². The van der Waals surface area contributed by atoms with Gasteiger partial charge in [-0.3, -0.25) is 9.59 Å². The van der Waals surface area contributed by atoms with Crippen molar-refractivity contribution in [3.63, 3.8) is 0 Å². The van der Waals surface area contributed by atoms with E-state index in [4.69, 9.17) is 24.7 Å². The van der Waals surface area contributed by atoms with Crippen LogP contribution in [-0.2, 0) is 14.3 Å². The maximum atomic E-state index is 13.3. The van der Waals surface area contributed by atoms with Crippen LogP contribution in [0.5, 0.6) is 23.0 Å². The fraction of sp³-hybridized carbons (Fsp3) is 0.588. The second-order valence-corrected chi connectivity index (χ2v) is 12.2. The molecule has 0 aromatic heterocycles. The minimum Gasteiger partial charge on any atom is -0.504 e. The van der Waals surface area contributed by atoms with Gasteiger partial charge in [-0.1, -0.05) is 31.7 Å². The Hall–Kier alpha value is -3.50. The van der Waals surface area contributed by atoms with E-state index in [9.17, 15) is 14.7 Å². The molecule has 10 nitrogen and oxygen atoms in total. The van der Waals surface area contributed by atoms with Crippen molar-refractivity contribution < 1.29 is 33.6 Å². The minimum absolute atomic E-state index is 0.0287. The van der Waals surface area contributed by atoms with Crippen LogP contribution in [0.3, 0.4) is 0 Å². The third-order valence-corrected chi connectivity index (χ3v) is 9.19. The molecule has 1 unspecified atom stereocenters. The Morgan fingerprint density at radius 3 is 2.36 bits per heavy atom. The lowest BCUT2D eigenvalue weighted by Crippen LogP contribution is -2.42. The van der Waals surface area contributed by atoms with E-state index in [2.05, 4.69) is 10.6 Å². The number of esters is 1. The van der Waals surface area contributed by atoms with E-state index in [1.807, 2.05) is 25.1 Å². The molecular formula is C34H47N3O7. The number of benzene rings is 2. The van der Waals surface area contributed by atoms with Gasteiger partial charge in [-0.25, -0.2) is 0 Å². The molecule has 3 aliphatic rings. The second kappa shape index (κ2) is 15.0. The molecule has 44 heavy (non-hydrogen) atoms. The number of phenolic OH excluding ortho intramolecular Hbond substituents is 1. The number of nitrogens with two attached hydrogens (primary N) is 1. The first-order chi connectivity index (χ1) is 21.4. The number of fused-ring (bicyclic) bond motifs is 3. The molecule has 1 amide bonds. The summed E-state index contributed by atoms with van der Waals surface area (Å²) in [4.78, 5) is 26.6. The molecule has 4 atom stereocenters. The van der Waals surface area contributed by atoms with Gasteiger partial charge in [0.25, 0.3) is 0 Å². The molecular weight excluding hydrogens is 562 g/mol. The predicted octanol–water partition coefficient (Wildman–Crippen LogP) is 4.59. The number of aryl methyl sites for hydroxylation is 1. The summed E-state index contributed by atoms with van der Waals surface area (Å²) in [6, 6.07) is 7.12. The maximum absolute atomic E-state index is 13.3. The highest BCUT2D eigenvalue weighted by atomic mass is 16.7. The predicted molar refractivity (Wildman–Crippen MR) is 166 cm³/mol. The number of aromatic hydroxyl groups is 1. The summed E-state index contributed by atoms with van der Waals surface area (Å²) in [5.74, 6) is 0.170. The van der Waals surface area contributed by atoms with Crippen LogP contribution in [0, 0.1) is 18.8 Å². The quantitative estimate of drug-likeness (QED) is 0.159. The number of hydrogen-bond acceptors (Lipinski definition) is 9. The summed E-state index contributed by atoms with van der Waals surface area (Å²) >= 11 is 0. The first kappa shape index (κ1) is 31.9. The molecule has 2 aromatic carbocycles. The molecule has 1 saturated heterocycles. The van der Waals surface area contributed by atoms with E-state index in [0.717, 1.165) is 68.4 Å². The third-order valence-electron chi connectivity index (χ3n) is 9.19. The van der Waals surface area contributed by atoms with Crippen LogP contribution in [0.2, 0.25) is 0 Å². The van der Waals surface area contributed by atoms with Crippen molar-refractivity contribution in [2.24, 2.45) is 17.6 Å². The Morgan fingerprint density at radius 1 is 0.955 bits per heavy atom. The first-order valence-corrected chi connectivity index (χ1v) is 16.1. The van der Waals surface area contributed by atoms with Gasteiger partial charge in [0.2, 0.25) is 12.7 Å². The summed E-state index contributed by atoms with van der Waals surface area (Å²) in [5, 5.41) is 17.2. The number of rotatable bonds is 16. The van der Waals surface area contributed by atoms with Crippen LogP contribution in [-0.4, -0.2) is 57.1 Å². The van der Waals surface area contributed by atoms with Gasteiger partial charge in [-0.2, -0.15) is 0 Å². The lowest BCUT2D eigenvalue weighted by atomic mass is 9.65. The Balaban J connectivity index is 1.25. The molecule has 5 rings (SSSR count). The lowest BCUT2D eigenvalue weighted by molar-refractivity contribution is -0.141. The summed E-state index contributed by atoms with van der Waals surface area (Å²) in [6.45, 7) is 4.98. The monoisotopic (exact) mass is 609 g/mol. The molecule has 2 aliphatic heterocycles. The molecule has 1 fully saturated rings. The number of carbonyl (C=O) groups is 2. The average Bonchev–Trinajstić information content (AvgIpc) is 3.64. The second-order valence-electron chi connectivity index (χ2n) is 12.2. The number of amides is 1. The van der Waals surface area contributed by atoms with E-state index in [0.29, 0.717) is 29.2 Å². The van der Waals surface area contributed by atoms with Crippen LogP contribution in [0.25, 0.3) is 0 Å². The number of unbranched alkanes of at least 4 members (excludes halogenated alkanes) is 6. The number of methoxy groups -OCH3 is 1. The highest BCUT2D eigenvalue weighted by Gasteiger charge is 2.53.